The van der Waals surface area contributed by atoms with E-state index in [0.717, 1.165) is 4.90 Å². The zero-order valence-corrected chi connectivity index (χ0v) is 11.9. The van der Waals surface area contributed by atoms with Crippen LogP contribution in [0.25, 0.3) is 0 Å². The van der Waals surface area contributed by atoms with Gasteiger partial charge in [0.25, 0.3) is 5.91 Å². The van der Waals surface area contributed by atoms with Crippen molar-refractivity contribution in [1.29, 1.82) is 0 Å². The number of carbonyl (C=O) groups excluding carboxylic acids is 3. The number of hydrogen-bond donors (Lipinski definition) is 4. The summed E-state index contributed by atoms with van der Waals surface area (Å²) in [5, 5.41) is 13.7. The van der Waals surface area contributed by atoms with Gasteiger partial charge in [0.05, 0.1) is 6.54 Å². The molecule has 9 nitrogen and oxygen atoms in total. The number of aliphatic carboxylic acids is 1. The molecule has 0 aliphatic carbocycles. The molecular weight excluding hydrogens is 292 g/mol. The van der Waals surface area contributed by atoms with Crippen molar-refractivity contribution in [3.05, 3.63) is 24.4 Å². The normalized spacial score (nSPS) is 15.0. The molecule has 3 amide bonds. The van der Waals surface area contributed by atoms with E-state index in [1.165, 1.54) is 12.2 Å². The molecule has 0 saturated heterocycles. The molecule has 120 valence electrons. The average molecular weight is 310 g/mol. The van der Waals surface area contributed by atoms with Gasteiger partial charge in [-0.25, -0.2) is 0 Å². The maximum absolute atomic E-state index is 12.2. The Balaban J connectivity index is 2.70. The van der Waals surface area contributed by atoms with Crippen LogP contribution in [0.5, 0.6) is 0 Å². The van der Waals surface area contributed by atoms with Gasteiger partial charge in [-0.1, -0.05) is 6.58 Å². The van der Waals surface area contributed by atoms with Gasteiger partial charge in [0.1, 0.15) is 6.04 Å². The van der Waals surface area contributed by atoms with Gasteiger partial charge in [-0.2, -0.15) is 0 Å². The first-order valence-corrected chi connectivity index (χ1v) is 6.51. The van der Waals surface area contributed by atoms with Gasteiger partial charge in [0, 0.05) is 31.3 Å². The molecule has 0 radical (unpaired) electrons. The van der Waals surface area contributed by atoms with Crippen LogP contribution in [-0.2, 0) is 19.2 Å². The fourth-order valence-corrected chi connectivity index (χ4v) is 1.87. The molecular formula is C13H18N4O5. The van der Waals surface area contributed by atoms with Gasteiger partial charge in [-0.05, 0) is 6.08 Å². The smallest absolute Gasteiger partial charge is 0.317 e. The summed E-state index contributed by atoms with van der Waals surface area (Å²) in [6.45, 7) is 3.27. The highest BCUT2D eigenvalue weighted by atomic mass is 16.4. The summed E-state index contributed by atoms with van der Waals surface area (Å²) in [6.07, 6.45) is 2.70. The Morgan fingerprint density at radius 1 is 1.36 bits per heavy atom. The minimum absolute atomic E-state index is 0.0333. The number of allylic oxidation sites excluding steroid dienone is 1. The molecule has 9 heteroatoms. The molecule has 1 unspecified atom stereocenters. The minimum Gasteiger partial charge on any atom is -0.480 e. The van der Waals surface area contributed by atoms with E-state index in [1.54, 1.807) is 0 Å². The quantitative estimate of drug-likeness (QED) is 0.385. The molecule has 5 N–H and O–H groups in total. The van der Waals surface area contributed by atoms with Crippen LogP contribution in [0.2, 0.25) is 0 Å². The zero-order chi connectivity index (χ0) is 16.7. The Morgan fingerprint density at radius 3 is 2.55 bits per heavy atom. The van der Waals surface area contributed by atoms with Gasteiger partial charge in [-0.15, -0.1) is 0 Å². The van der Waals surface area contributed by atoms with E-state index in [2.05, 4.69) is 17.2 Å². The average Bonchev–Trinajstić information content (AvgIpc) is 2.74. The Labute approximate surface area is 126 Å². The number of nitrogens with one attached hydrogen (secondary N) is 2. The number of nitrogens with two attached hydrogens (primary N) is 1. The molecule has 0 bridgehead atoms. The van der Waals surface area contributed by atoms with Crippen molar-refractivity contribution in [3.63, 3.8) is 0 Å². The highest BCUT2D eigenvalue weighted by Crippen LogP contribution is 2.17. The molecule has 0 saturated carbocycles. The molecule has 1 aliphatic heterocycles. The fraction of sp³-hybridized carbons (Fsp3) is 0.385. The van der Waals surface area contributed by atoms with Crippen LogP contribution in [-0.4, -0.2) is 59.4 Å². The van der Waals surface area contributed by atoms with Gasteiger partial charge < -0.3 is 21.5 Å². The first kappa shape index (κ1) is 17.4. The summed E-state index contributed by atoms with van der Waals surface area (Å²) in [7, 11) is 0. The van der Waals surface area contributed by atoms with E-state index in [0.29, 0.717) is 5.70 Å². The number of carboxylic acid groups (broad SMARTS) is 1. The number of carboxylic acids is 1. The molecule has 0 aromatic heterocycles. The number of rotatable bonds is 9. The molecule has 0 spiro atoms. The predicted octanol–water partition coefficient (Wildman–Crippen LogP) is -2.07. The van der Waals surface area contributed by atoms with Crippen molar-refractivity contribution in [3.8, 4) is 0 Å². The van der Waals surface area contributed by atoms with Gasteiger partial charge >= 0.3 is 5.97 Å². The second-order valence-corrected chi connectivity index (χ2v) is 4.58. The van der Waals surface area contributed by atoms with E-state index in [-0.39, 0.29) is 26.1 Å². The van der Waals surface area contributed by atoms with Crippen molar-refractivity contribution in [2.45, 2.75) is 12.5 Å². The lowest BCUT2D eigenvalue weighted by Crippen LogP contribution is -2.52. The summed E-state index contributed by atoms with van der Waals surface area (Å²) in [4.78, 5) is 46.3. The van der Waals surface area contributed by atoms with Crippen LogP contribution < -0.4 is 16.4 Å². The molecule has 1 aliphatic rings. The summed E-state index contributed by atoms with van der Waals surface area (Å²) in [5.74, 6) is -2.60. The number of primary amides is 1. The lowest BCUT2D eigenvalue weighted by Gasteiger charge is -2.27. The third-order valence-electron chi connectivity index (χ3n) is 2.86. The van der Waals surface area contributed by atoms with Crippen molar-refractivity contribution >= 4 is 23.7 Å². The van der Waals surface area contributed by atoms with Crippen molar-refractivity contribution in [2.24, 2.45) is 5.73 Å². The highest BCUT2D eigenvalue weighted by molar-refractivity contribution is 5.97. The second-order valence-electron chi connectivity index (χ2n) is 4.58. The van der Waals surface area contributed by atoms with Crippen LogP contribution in [0.3, 0.4) is 0 Å². The first-order chi connectivity index (χ1) is 10.3. The van der Waals surface area contributed by atoms with E-state index >= 15 is 0 Å². The zero-order valence-electron chi connectivity index (χ0n) is 11.9. The second kappa shape index (κ2) is 7.93. The largest absolute Gasteiger partial charge is 0.480 e. The third-order valence-corrected chi connectivity index (χ3v) is 2.86. The maximum atomic E-state index is 12.2. The standard InChI is InChI=1S/C13H18N4O5/c1-8-2-3-11(19)17(8)9(6-15-7-12(20)21)13(22)16-5-4-10(14)18/h2-3,9,15H,1,4-7H2,(H2,14,18)(H,16,22)(H,20,21). The maximum Gasteiger partial charge on any atom is 0.317 e. The fourth-order valence-electron chi connectivity index (χ4n) is 1.87. The monoisotopic (exact) mass is 310 g/mol. The number of nitrogens with zero attached hydrogens (tertiary/aromatic N) is 1. The molecule has 1 atom stereocenters. The molecule has 0 aromatic rings. The lowest BCUT2D eigenvalue weighted by molar-refractivity contribution is -0.137. The van der Waals surface area contributed by atoms with E-state index in [9.17, 15) is 19.2 Å². The van der Waals surface area contributed by atoms with E-state index in [1.807, 2.05) is 0 Å². The summed E-state index contributed by atoms with van der Waals surface area (Å²) >= 11 is 0. The predicted molar refractivity (Wildman–Crippen MR) is 76.2 cm³/mol. The van der Waals surface area contributed by atoms with Gasteiger partial charge in [-0.3, -0.25) is 24.1 Å². The Kier molecular flexibility index (Phi) is 6.26. The minimum atomic E-state index is -1.09. The highest BCUT2D eigenvalue weighted by Gasteiger charge is 2.32. The van der Waals surface area contributed by atoms with Crippen LogP contribution in [0.4, 0.5) is 0 Å². The molecule has 1 rings (SSSR count). The van der Waals surface area contributed by atoms with Crippen LogP contribution in [0.15, 0.2) is 24.4 Å². The first-order valence-electron chi connectivity index (χ1n) is 6.51. The molecule has 0 fully saturated rings. The van der Waals surface area contributed by atoms with Crippen molar-refractivity contribution < 1.29 is 24.3 Å². The van der Waals surface area contributed by atoms with Gasteiger partial charge in [0.2, 0.25) is 11.8 Å². The third kappa shape index (κ3) is 5.02. The summed E-state index contributed by atoms with van der Waals surface area (Å²) in [5.41, 5.74) is 5.31. The Morgan fingerprint density at radius 2 is 2.05 bits per heavy atom. The van der Waals surface area contributed by atoms with Crippen molar-refractivity contribution in [2.75, 3.05) is 19.6 Å². The molecule has 1 heterocycles. The lowest BCUT2D eigenvalue weighted by atomic mass is 10.2. The number of hydrogen-bond acceptors (Lipinski definition) is 5. The van der Waals surface area contributed by atoms with Crippen LogP contribution in [0, 0.1) is 0 Å². The van der Waals surface area contributed by atoms with E-state index in [4.69, 9.17) is 10.8 Å². The summed E-state index contributed by atoms with van der Waals surface area (Å²) < 4.78 is 0. The van der Waals surface area contributed by atoms with Gasteiger partial charge in [0.15, 0.2) is 0 Å². The number of carbonyl (C=O) groups is 4. The van der Waals surface area contributed by atoms with Crippen LogP contribution >= 0.6 is 0 Å². The van der Waals surface area contributed by atoms with Crippen molar-refractivity contribution in [1.82, 2.24) is 15.5 Å². The SMILES string of the molecule is C=C1C=CC(=O)N1C(CNCC(=O)O)C(=O)NCCC(N)=O. The Bertz CT molecular complexity index is 511. The molecule has 22 heavy (non-hydrogen) atoms. The summed E-state index contributed by atoms with van der Waals surface area (Å²) in [6, 6.07) is -0.970. The molecule has 0 aromatic carbocycles. The Hall–Kier alpha value is -2.68. The number of amides is 3. The van der Waals surface area contributed by atoms with E-state index < -0.39 is 29.7 Å². The van der Waals surface area contributed by atoms with Crippen LogP contribution in [0.1, 0.15) is 6.42 Å². The topological polar surface area (TPSA) is 142 Å².